The molecule has 8 heteroatoms. The minimum atomic E-state index is -1.07. The van der Waals surface area contributed by atoms with Crippen LogP contribution in [0.1, 0.15) is 10.4 Å². The lowest BCUT2D eigenvalue weighted by atomic mass is 10.2. The molecule has 0 bridgehead atoms. The molecular formula is C17H15FN2O5. The normalized spacial score (nSPS) is 16.6. The number of aromatic nitrogens is 1. The molecule has 0 saturated carbocycles. The molecule has 1 aliphatic rings. The zero-order chi connectivity index (χ0) is 17.8. The van der Waals surface area contributed by atoms with Gasteiger partial charge in [-0.1, -0.05) is 0 Å². The van der Waals surface area contributed by atoms with Gasteiger partial charge in [0.05, 0.1) is 17.9 Å². The van der Waals surface area contributed by atoms with Gasteiger partial charge in [0.25, 0.3) is 0 Å². The number of aliphatic hydroxyl groups excluding tert-OH is 1. The number of rotatable bonds is 6. The Bertz CT molecular complexity index is 777. The van der Waals surface area contributed by atoms with Crippen LogP contribution in [0.5, 0.6) is 5.88 Å². The van der Waals surface area contributed by atoms with Crippen molar-refractivity contribution in [1.29, 1.82) is 0 Å². The summed E-state index contributed by atoms with van der Waals surface area (Å²) in [6.07, 6.45) is 2.26. The number of aromatic carboxylic acids is 1. The highest BCUT2D eigenvalue weighted by Gasteiger charge is 2.26. The first-order valence-corrected chi connectivity index (χ1v) is 7.42. The van der Waals surface area contributed by atoms with Crippen molar-refractivity contribution in [3.63, 3.8) is 0 Å². The summed E-state index contributed by atoms with van der Waals surface area (Å²) >= 11 is 0. The Balaban J connectivity index is 1.68. The van der Waals surface area contributed by atoms with Gasteiger partial charge in [-0.3, -0.25) is 4.84 Å². The van der Waals surface area contributed by atoms with Gasteiger partial charge in [0.15, 0.2) is 0 Å². The number of hydrogen-bond acceptors (Lipinski definition) is 6. The van der Waals surface area contributed by atoms with Crippen molar-refractivity contribution in [3.05, 3.63) is 65.7 Å². The Labute approximate surface area is 142 Å². The number of hydroxylamine groups is 1. The van der Waals surface area contributed by atoms with Crippen LogP contribution in [0.3, 0.4) is 0 Å². The standard InChI is InChI=1S/C17H15FN2O5/c18-13-2-4-14(5-3-13)20-8-12(15(9-21)25-20)10-24-16-6-1-11(7-19-16)17(22)23/h1-8,15,21H,9-10H2,(H,22,23). The Kier molecular flexibility index (Phi) is 4.92. The Hall–Kier alpha value is -2.97. The van der Waals surface area contributed by atoms with E-state index in [0.717, 1.165) is 0 Å². The Morgan fingerprint density at radius 1 is 1.28 bits per heavy atom. The Morgan fingerprint density at radius 2 is 2.04 bits per heavy atom. The first-order valence-electron chi connectivity index (χ1n) is 7.42. The van der Waals surface area contributed by atoms with E-state index in [1.165, 1.54) is 35.5 Å². The second kappa shape index (κ2) is 7.29. The maximum atomic E-state index is 13.0. The molecule has 2 aromatic rings. The lowest BCUT2D eigenvalue weighted by Crippen LogP contribution is -2.23. The molecule has 0 fully saturated rings. The molecule has 1 aromatic carbocycles. The van der Waals surface area contributed by atoms with Crippen molar-refractivity contribution >= 4 is 11.7 Å². The molecule has 130 valence electrons. The largest absolute Gasteiger partial charge is 0.478 e. The van der Waals surface area contributed by atoms with E-state index in [4.69, 9.17) is 14.7 Å². The van der Waals surface area contributed by atoms with Crippen LogP contribution in [0.15, 0.2) is 54.4 Å². The van der Waals surface area contributed by atoms with Gasteiger partial charge < -0.3 is 14.9 Å². The van der Waals surface area contributed by atoms with Gasteiger partial charge in [-0.15, -0.1) is 0 Å². The van der Waals surface area contributed by atoms with Crippen molar-refractivity contribution in [2.45, 2.75) is 6.10 Å². The van der Waals surface area contributed by atoms with Crippen LogP contribution in [0.2, 0.25) is 0 Å². The third-order valence-electron chi connectivity index (χ3n) is 3.55. The average Bonchev–Trinajstić information content (AvgIpc) is 3.04. The molecule has 25 heavy (non-hydrogen) atoms. The summed E-state index contributed by atoms with van der Waals surface area (Å²) in [4.78, 5) is 20.3. The lowest BCUT2D eigenvalue weighted by molar-refractivity contribution is 0.0473. The number of carboxylic acids is 1. The fourth-order valence-corrected chi connectivity index (χ4v) is 2.22. The van der Waals surface area contributed by atoms with E-state index < -0.39 is 12.1 Å². The molecule has 0 saturated heterocycles. The molecule has 0 amide bonds. The fourth-order valence-electron chi connectivity index (χ4n) is 2.22. The number of ether oxygens (including phenoxy) is 1. The maximum absolute atomic E-state index is 13.0. The number of benzene rings is 1. The van der Waals surface area contributed by atoms with E-state index >= 15 is 0 Å². The van der Waals surface area contributed by atoms with Crippen LogP contribution >= 0.6 is 0 Å². The number of carboxylic acid groups (broad SMARTS) is 1. The van der Waals surface area contributed by atoms with E-state index in [1.807, 2.05) is 0 Å². The third-order valence-corrected chi connectivity index (χ3v) is 3.55. The number of anilines is 1. The molecule has 1 aliphatic heterocycles. The number of aliphatic hydroxyl groups is 1. The fraction of sp³-hybridized carbons (Fsp3) is 0.176. The van der Waals surface area contributed by atoms with E-state index in [1.54, 1.807) is 18.3 Å². The maximum Gasteiger partial charge on any atom is 0.337 e. The van der Waals surface area contributed by atoms with Crippen LogP contribution in [0.4, 0.5) is 10.1 Å². The number of pyridine rings is 1. The van der Waals surface area contributed by atoms with Crippen molar-refractivity contribution in [1.82, 2.24) is 4.98 Å². The summed E-state index contributed by atoms with van der Waals surface area (Å²) in [6, 6.07) is 8.56. The molecule has 3 rings (SSSR count). The number of carbonyl (C=O) groups is 1. The molecule has 1 atom stereocenters. The van der Waals surface area contributed by atoms with Crippen LogP contribution in [-0.2, 0) is 4.84 Å². The average molecular weight is 346 g/mol. The molecule has 7 nitrogen and oxygen atoms in total. The molecule has 1 unspecified atom stereocenters. The quantitative estimate of drug-likeness (QED) is 0.826. The summed E-state index contributed by atoms with van der Waals surface area (Å²) in [7, 11) is 0. The first-order chi connectivity index (χ1) is 12.1. The van der Waals surface area contributed by atoms with E-state index in [9.17, 15) is 14.3 Å². The van der Waals surface area contributed by atoms with Crippen molar-refractivity contribution in [3.8, 4) is 5.88 Å². The van der Waals surface area contributed by atoms with Gasteiger partial charge in [-0.05, 0) is 30.3 Å². The lowest BCUT2D eigenvalue weighted by Gasteiger charge is -2.17. The van der Waals surface area contributed by atoms with Crippen LogP contribution < -0.4 is 9.80 Å². The van der Waals surface area contributed by atoms with Crippen molar-refractivity contribution in [2.24, 2.45) is 0 Å². The second-order valence-corrected chi connectivity index (χ2v) is 5.26. The molecule has 2 N–H and O–H groups in total. The molecule has 0 spiro atoms. The van der Waals surface area contributed by atoms with E-state index in [2.05, 4.69) is 4.98 Å². The highest BCUT2D eigenvalue weighted by molar-refractivity contribution is 5.87. The first kappa shape index (κ1) is 16.9. The third kappa shape index (κ3) is 3.93. The van der Waals surface area contributed by atoms with Crippen molar-refractivity contribution < 1.29 is 29.0 Å². The van der Waals surface area contributed by atoms with Crippen LogP contribution in [-0.4, -0.2) is 40.5 Å². The van der Waals surface area contributed by atoms with Crippen LogP contribution in [0.25, 0.3) is 0 Å². The van der Waals surface area contributed by atoms with Crippen molar-refractivity contribution in [2.75, 3.05) is 18.3 Å². The molecule has 2 heterocycles. The van der Waals surface area contributed by atoms with Gasteiger partial charge in [0.1, 0.15) is 18.5 Å². The minimum Gasteiger partial charge on any atom is -0.478 e. The monoisotopic (exact) mass is 346 g/mol. The molecular weight excluding hydrogens is 331 g/mol. The van der Waals surface area contributed by atoms with Gasteiger partial charge >= 0.3 is 5.97 Å². The van der Waals surface area contributed by atoms with Gasteiger partial charge in [-0.2, -0.15) is 0 Å². The summed E-state index contributed by atoms with van der Waals surface area (Å²) in [5, 5.41) is 19.7. The molecule has 1 aromatic heterocycles. The highest BCUT2D eigenvalue weighted by atomic mass is 19.1. The molecule has 0 radical (unpaired) electrons. The minimum absolute atomic E-state index is 0.0616. The topological polar surface area (TPSA) is 92.1 Å². The van der Waals surface area contributed by atoms with Gasteiger partial charge in [0, 0.05) is 24.0 Å². The predicted molar refractivity (Wildman–Crippen MR) is 85.6 cm³/mol. The van der Waals surface area contributed by atoms with Gasteiger partial charge in [0.2, 0.25) is 5.88 Å². The second-order valence-electron chi connectivity index (χ2n) is 5.26. The highest BCUT2D eigenvalue weighted by Crippen LogP contribution is 2.26. The van der Waals surface area contributed by atoms with Gasteiger partial charge in [-0.25, -0.2) is 19.2 Å². The number of halogens is 1. The summed E-state index contributed by atoms with van der Waals surface area (Å²) < 4.78 is 18.5. The zero-order valence-electron chi connectivity index (χ0n) is 13.0. The summed E-state index contributed by atoms with van der Waals surface area (Å²) in [5.41, 5.74) is 1.33. The molecule has 0 aliphatic carbocycles. The smallest absolute Gasteiger partial charge is 0.337 e. The van der Waals surface area contributed by atoms with Crippen LogP contribution in [0, 0.1) is 5.82 Å². The summed E-state index contributed by atoms with van der Waals surface area (Å²) in [5.74, 6) is -1.17. The predicted octanol–water partition coefficient (Wildman–Crippen LogP) is 1.99. The zero-order valence-corrected chi connectivity index (χ0v) is 13.0. The number of nitrogens with zero attached hydrogens (tertiary/aromatic N) is 2. The van der Waals surface area contributed by atoms with E-state index in [-0.39, 0.29) is 30.5 Å². The number of hydrogen-bond donors (Lipinski definition) is 2. The Morgan fingerprint density at radius 3 is 2.64 bits per heavy atom. The SMILES string of the molecule is O=C(O)c1ccc(OCC2=CN(c3ccc(F)cc3)OC2CO)nc1. The van der Waals surface area contributed by atoms with E-state index in [0.29, 0.717) is 11.3 Å². The summed E-state index contributed by atoms with van der Waals surface area (Å²) in [6.45, 7) is -0.152.